The Hall–Kier alpha value is -0.0600. The Morgan fingerprint density at radius 1 is 1.30 bits per heavy atom. The van der Waals surface area contributed by atoms with Crippen molar-refractivity contribution in [3.63, 3.8) is 0 Å². The van der Waals surface area contributed by atoms with Crippen LogP contribution in [-0.4, -0.2) is 17.2 Å². The minimum atomic E-state index is -4.13. The summed E-state index contributed by atoms with van der Waals surface area (Å²) < 4.78 is 48.2. The van der Waals surface area contributed by atoms with Gasteiger partial charge < -0.3 is 0 Å². The first-order valence-electron chi connectivity index (χ1n) is 2.32. The molecule has 0 unspecified atom stereocenters. The monoisotopic (exact) mass is 220 g/mol. The fourth-order valence-corrected chi connectivity index (χ4v) is 0.612. The summed E-state index contributed by atoms with van der Waals surface area (Å²) in [4.78, 5) is 0. The van der Waals surface area contributed by atoms with Gasteiger partial charge in [0.1, 0.15) is 0 Å². The molecule has 0 heterocycles. The van der Waals surface area contributed by atoms with E-state index in [4.69, 9.17) is 0 Å². The Morgan fingerprint density at radius 3 is 1.80 bits per heavy atom. The Morgan fingerprint density at radius 2 is 1.70 bits per heavy atom. The number of hydrogen-bond acceptors (Lipinski definition) is 0. The van der Waals surface area contributed by atoms with Crippen LogP contribution in [0.25, 0.3) is 0 Å². The summed E-state index contributed by atoms with van der Waals surface area (Å²) in [5, 5.41) is -1.07. The molecule has 10 heavy (non-hydrogen) atoms. The molecule has 0 saturated heterocycles. The van der Waals surface area contributed by atoms with Crippen LogP contribution in [0.3, 0.4) is 0 Å². The molecule has 0 aliphatic heterocycles. The van der Waals surface area contributed by atoms with Crippen molar-refractivity contribution < 1.29 is 17.6 Å². The maximum atomic E-state index is 12.1. The zero-order valence-corrected chi connectivity index (χ0v) is 6.47. The van der Waals surface area contributed by atoms with Crippen molar-refractivity contribution in [3.05, 3.63) is 12.7 Å². The van der Waals surface area contributed by atoms with Gasteiger partial charge in [0.05, 0.1) is 5.33 Å². The molecule has 0 rings (SSSR count). The van der Waals surface area contributed by atoms with Crippen LogP contribution in [0.5, 0.6) is 0 Å². The lowest BCUT2D eigenvalue weighted by Gasteiger charge is -2.20. The third-order valence-electron chi connectivity index (χ3n) is 0.912. The Bertz CT molecular complexity index is 132. The molecule has 0 aliphatic rings. The van der Waals surface area contributed by atoms with E-state index in [1.807, 2.05) is 0 Å². The summed E-state index contributed by atoms with van der Waals surface area (Å²) in [6.45, 7) is 2.60. The van der Waals surface area contributed by atoms with Crippen molar-refractivity contribution in [1.29, 1.82) is 0 Å². The molecule has 0 N–H and O–H groups in total. The van der Waals surface area contributed by atoms with E-state index in [9.17, 15) is 17.6 Å². The molecule has 0 amide bonds. The largest absolute Gasteiger partial charge is 0.329 e. The first kappa shape index (κ1) is 9.94. The fraction of sp³-hybridized carbons (Fsp3) is 0.600. The van der Waals surface area contributed by atoms with Crippen LogP contribution in [0, 0.1) is 0 Å². The van der Waals surface area contributed by atoms with E-state index in [1.165, 1.54) is 0 Å². The molecule has 0 aromatic heterocycles. The average molecular weight is 221 g/mol. The van der Waals surface area contributed by atoms with Crippen molar-refractivity contribution in [2.45, 2.75) is 11.8 Å². The van der Waals surface area contributed by atoms with Gasteiger partial charge in [0, 0.05) is 0 Å². The van der Waals surface area contributed by atoms with E-state index in [1.54, 1.807) is 0 Å². The Kier molecular flexibility index (Phi) is 2.88. The van der Waals surface area contributed by atoms with Gasteiger partial charge >= 0.3 is 11.8 Å². The molecule has 0 radical (unpaired) electrons. The van der Waals surface area contributed by atoms with Crippen molar-refractivity contribution in [1.82, 2.24) is 0 Å². The van der Waals surface area contributed by atoms with Crippen LogP contribution >= 0.6 is 15.9 Å². The molecular formula is C5H5BrF4. The van der Waals surface area contributed by atoms with Crippen molar-refractivity contribution >= 4 is 15.9 Å². The quantitative estimate of drug-likeness (QED) is 0.390. The second-order valence-electron chi connectivity index (χ2n) is 1.67. The molecule has 0 nitrogen and oxygen atoms in total. The molecule has 0 aromatic carbocycles. The molecule has 60 valence electrons. The van der Waals surface area contributed by atoms with Gasteiger partial charge in [0.25, 0.3) is 0 Å². The standard InChI is InChI=1S/C5H5BrF4/c1-2-4(7,8)5(9,10)3-6/h2H,1,3H2. The third-order valence-corrected chi connectivity index (χ3v) is 1.62. The number of allylic oxidation sites excluding steroid dienone is 1. The van der Waals surface area contributed by atoms with Crippen molar-refractivity contribution in [3.8, 4) is 0 Å². The van der Waals surface area contributed by atoms with Gasteiger partial charge in [-0.3, -0.25) is 0 Å². The van der Waals surface area contributed by atoms with E-state index in [-0.39, 0.29) is 6.08 Å². The lowest BCUT2D eigenvalue weighted by Crippen LogP contribution is -2.39. The molecule has 0 aromatic rings. The summed E-state index contributed by atoms with van der Waals surface area (Å²) in [7, 11) is 0. The van der Waals surface area contributed by atoms with E-state index < -0.39 is 17.2 Å². The predicted molar refractivity (Wildman–Crippen MR) is 33.9 cm³/mol. The summed E-state index contributed by atoms with van der Waals surface area (Å²) in [5.74, 6) is -8.18. The normalized spacial score (nSPS) is 13.3. The summed E-state index contributed by atoms with van der Waals surface area (Å²) >= 11 is 2.27. The van der Waals surface area contributed by atoms with E-state index >= 15 is 0 Å². The van der Waals surface area contributed by atoms with Gasteiger partial charge in [-0.25, -0.2) is 0 Å². The summed E-state index contributed by atoms with van der Waals surface area (Å²) in [6, 6.07) is 0. The molecule has 0 bridgehead atoms. The summed E-state index contributed by atoms with van der Waals surface area (Å²) in [6.07, 6.45) is -0.0612. The third kappa shape index (κ3) is 1.71. The second-order valence-corrected chi connectivity index (χ2v) is 2.23. The maximum Gasteiger partial charge on any atom is 0.329 e. The predicted octanol–water partition coefficient (Wildman–Crippen LogP) is 2.84. The lowest BCUT2D eigenvalue weighted by molar-refractivity contribution is -0.162. The molecule has 0 atom stereocenters. The van der Waals surface area contributed by atoms with Crippen LogP contribution in [0.15, 0.2) is 12.7 Å². The fourth-order valence-electron chi connectivity index (χ4n) is 0.238. The van der Waals surface area contributed by atoms with Gasteiger partial charge in [0.2, 0.25) is 0 Å². The molecule has 0 saturated carbocycles. The molecule has 0 spiro atoms. The Labute approximate surface area is 64.0 Å². The highest BCUT2D eigenvalue weighted by Crippen LogP contribution is 2.36. The SMILES string of the molecule is C=CC(F)(F)C(F)(F)CBr. The van der Waals surface area contributed by atoms with Crippen LogP contribution in [0.2, 0.25) is 0 Å². The van der Waals surface area contributed by atoms with Crippen LogP contribution in [-0.2, 0) is 0 Å². The second kappa shape index (κ2) is 2.90. The van der Waals surface area contributed by atoms with Crippen LogP contribution in [0.4, 0.5) is 17.6 Å². The number of hydrogen-bond donors (Lipinski definition) is 0. The highest BCUT2D eigenvalue weighted by molar-refractivity contribution is 9.09. The highest BCUT2D eigenvalue weighted by Gasteiger charge is 2.52. The topological polar surface area (TPSA) is 0 Å². The van der Waals surface area contributed by atoms with Crippen LogP contribution in [0.1, 0.15) is 0 Å². The zero-order valence-electron chi connectivity index (χ0n) is 4.88. The minimum Gasteiger partial charge on any atom is -0.199 e. The average Bonchev–Trinajstić information content (AvgIpc) is 1.88. The van der Waals surface area contributed by atoms with Gasteiger partial charge in [0.15, 0.2) is 0 Å². The number of halogens is 5. The molecule has 0 aliphatic carbocycles. The van der Waals surface area contributed by atoms with Gasteiger partial charge in [-0.05, 0) is 6.08 Å². The first-order valence-corrected chi connectivity index (χ1v) is 3.45. The van der Waals surface area contributed by atoms with Crippen molar-refractivity contribution in [2.24, 2.45) is 0 Å². The minimum absolute atomic E-state index is 0.0612. The van der Waals surface area contributed by atoms with E-state index in [0.717, 1.165) is 0 Å². The Balaban J connectivity index is 4.43. The smallest absolute Gasteiger partial charge is 0.199 e. The van der Waals surface area contributed by atoms with Gasteiger partial charge in [-0.15, -0.1) is 0 Å². The summed E-state index contributed by atoms with van der Waals surface area (Å²) in [5.41, 5.74) is 0. The number of alkyl halides is 5. The van der Waals surface area contributed by atoms with Gasteiger partial charge in [-0.2, -0.15) is 17.6 Å². The zero-order chi connectivity index (χ0) is 8.41. The number of rotatable bonds is 3. The highest BCUT2D eigenvalue weighted by atomic mass is 79.9. The molecule has 5 heteroatoms. The first-order chi connectivity index (χ1) is 4.37. The van der Waals surface area contributed by atoms with Crippen LogP contribution < -0.4 is 0 Å². The van der Waals surface area contributed by atoms with Gasteiger partial charge in [-0.1, -0.05) is 22.5 Å². The van der Waals surface area contributed by atoms with Crippen molar-refractivity contribution in [2.75, 3.05) is 5.33 Å². The maximum absolute atomic E-state index is 12.1. The van der Waals surface area contributed by atoms with E-state index in [2.05, 4.69) is 22.5 Å². The molecular weight excluding hydrogens is 216 g/mol. The van der Waals surface area contributed by atoms with E-state index in [0.29, 0.717) is 0 Å². The lowest BCUT2D eigenvalue weighted by atomic mass is 10.2. The molecule has 0 fully saturated rings.